The number of hydrogen-bond donors (Lipinski definition) is 0. The minimum atomic E-state index is 0.735. The summed E-state index contributed by atoms with van der Waals surface area (Å²) in [5, 5.41) is 2.41. The van der Waals surface area contributed by atoms with Gasteiger partial charge in [-0.1, -0.05) is 108 Å². The van der Waals surface area contributed by atoms with Crippen molar-refractivity contribution in [3.05, 3.63) is 77.4 Å². The van der Waals surface area contributed by atoms with Crippen molar-refractivity contribution < 1.29 is 4.74 Å². The van der Waals surface area contributed by atoms with E-state index in [4.69, 9.17) is 4.74 Å². The Morgan fingerprint density at radius 3 is 2.05 bits per heavy atom. The van der Waals surface area contributed by atoms with Gasteiger partial charge in [-0.15, -0.1) is 0 Å². The SMILES string of the molecule is CCCCCCCC[C@H]1CC[C@H](c2ccc(C#Cc3ccc4cc(OCCCCC)ccc4c3)cc2)CC1. The van der Waals surface area contributed by atoms with Crippen LogP contribution in [0.5, 0.6) is 5.75 Å². The highest BCUT2D eigenvalue weighted by atomic mass is 16.5. The summed E-state index contributed by atoms with van der Waals surface area (Å²) in [5.41, 5.74) is 3.66. The lowest BCUT2D eigenvalue weighted by Crippen LogP contribution is -2.13. The molecule has 1 aliphatic rings. The molecule has 3 aromatic rings. The molecule has 202 valence electrons. The Bertz CT molecular complexity index is 1150. The normalized spacial score (nSPS) is 17.2. The lowest BCUT2D eigenvalue weighted by Gasteiger charge is -2.29. The van der Waals surface area contributed by atoms with Crippen molar-refractivity contribution in [3.8, 4) is 17.6 Å². The second-order valence-electron chi connectivity index (χ2n) is 11.4. The van der Waals surface area contributed by atoms with Crippen LogP contribution in [0.15, 0.2) is 60.7 Å². The summed E-state index contributed by atoms with van der Waals surface area (Å²) in [6.07, 6.45) is 19.1. The Balaban J connectivity index is 1.25. The fourth-order valence-electron chi connectivity index (χ4n) is 5.91. The summed E-state index contributed by atoms with van der Waals surface area (Å²) >= 11 is 0. The third-order valence-corrected chi connectivity index (χ3v) is 8.37. The zero-order valence-corrected chi connectivity index (χ0v) is 23.9. The third kappa shape index (κ3) is 8.94. The molecule has 0 aliphatic heterocycles. The van der Waals surface area contributed by atoms with Crippen LogP contribution < -0.4 is 4.74 Å². The highest BCUT2D eigenvalue weighted by Crippen LogP contribution is 2.37. The van der Waals surface area contributed by atoms with E-state index in [0.717, 1.165) is 41.7 Å². The van der Waals surface area contributed by atoms with Gasteiger partial charge >= 0.3 is 0 Å². The molecule has 0 amide bonds. The maximum Gasteiger partial charge on any atom is 0.119 e. The van der Waals surface area contributed by atoms with E-state index >= 15 is 0 Å². The first-order valence-electron chi connectivity index (χ1n) is 15.5. The molecule has 0 spiro atoms. The van der Waals surface area contributed by atoms with Gasteiger partial charge in [-0.3, -0.25) is 0 Å². The molecule has 0 N–H and O–H groups in total. The summed E-state index contributed by atoms with van der Waals surface area (Å²) in [5.74, 6) is 9.42. The minimum absolute atomic E-state index is 0.735. The van der Waals surface area contributed by atoms with Gasteiger partial charge in [0.05, 0.1) is 6.61 Å². The zero-order chi connectivity index (χ0) is 26.4. The predicted octanol–water partition coefficient (Wildman–Crippen LogP) is 10.8. The summed E-state index contributed by atoms with van der Waals surface area (Å²) in [6.45, 7) is 5.31. The average Bonchev–Trinajstić information content (AvgIpc) is 2.96. The molecule has 0 bridgehead atoms. The maximum absolute atomic E-state index is 5.91. The van der Waals surface area contributed by atoms with Crippen LogP contribution in [0.4, 0.5) is 0 Å². The maximum atomic E-state index is 5.91. The van der Waals surface area contributed by atoms with Crippen molar-refractivity contribution in [2.75, 3.05) is 6.61 Å². The fraction of sp³-hybridized carbons (Fsp3) is 0.514. The van der Waals surface area contributed by atoms with Gasteiger partial charge in [0.25, 0.3) is 0 Å². The molecule has 0 radical (unpaired) electrons. The summed E-state index contributed by atoms with van der Waals surface area (Å²) in [6, 6.07) is 21.9. The highest BCUT2D eigenvalue weighted by molar-refractivity contribution is 5.85. The second kappa shape index (κ2) is 15.6. The van der Waals surface area contributed by atoms with Crippen LogP contribution in [0.2, 0.25) is 0 Å². The average molecular weight is 509 g/mol. The first-order valence-corrected chi connectivity index (χ1v) is 15.5. The van der Waals surface area contributed by atoms with Crippen LogP contribution in [0, 0.1) is 17.8 Å². The molecule has 0 unspecified atom stereocenters. The van der Waals surface area contributed by atoms with Crippen molar-refractivity contribution in [3.63, 3.8) is 0 Å². The molecule has 3 aromatic carbocycles. The van der Waals surface area contributed by atoms with E-state index in [9.17, 15) is 0 Å². The molecule has 0 heterocycles. The van der Waals surface area contributed by atoms with E-state index < -0.39 is 0 Å². The number of unbranched alkanes of at least 4 members (excludes halogenated alkanes) is 7. The Kier molecular flexibility index (Phi) is 11.6. The molecular weight excluding hydrogens is 460 g/mol. The van der Waals surface area contributed by atoms with Crippen molar-refractivity contribution in [1.29, 1.82) is 0 Å². The van der Waals surface area contributed by atoms with Crippen LogP contribution in [-0.4, -0.2) is 6.61 Å². The first kappa shape index (κ1) is 28.3. The lowest BCUT2D eigenvalue weighted by atomic mass is 9.77. The molecule has 4 rings (SSSR count). The van der Waals surface area contributed by atoms with Crippen LogP contribution in [0.25, 0.3) is 10.8 Å². The molecule has 38 heavy (non-hydrogen) atoms. The molecule has 0 atom stereocenters. The largest absolute Gasteiger partial charge is 0.494 e. The van der Waals surface area contributed by atoms with Gasteiger partial charge in [0.15, 0.2) is 0 Å². The van der Waals surface area contributed by atoms with Crippen molar-refractivity contribution >= 4 is 10.8 Å². The smallest absolute Gasteiger partial charge is 0.119 e. The van der Waals surface area contributed by atoms with E-state index in [0.29, 0.717) is 0 Å². The van der Waals surface area contributed by atoms with Gasteiger partial charge in [-0.05, 0) is 96.7 Å². The van der Waals surface area contributed by atoms with Crippen LogP contribution in [0.3, 0.4) is 0 Å². The van der Waals surface area contributed by atoms with Gasteiger partial charge in [0.1, 0.15) is 5.75 Å². The molecule has 1 aliphatic carbocycles. The third-order valence-electron chi connectivity index (χ3n) is 8.37. The van der Waals surface area contributed by atoms with E-state index in [1.807, 2.05) is 0 Å². The number of fused-ring (bicyclic) bond motifs is 1. The molecule has 1 heteroatoms. The van der Waals surface area contributed by atoms with E-state index in [1.54, 1.807) is 0 Å². The Morgan fingerprint density at radius 1 is 0.632 bits per heavy atom. The summed E-state index contributed by atoms with van der Waals surface area (Å²) < 4.78 is 5.91. The van der Waals surface area contributed by atoms with Gasteiger partial charge in [-0.25, -0.2) is 0 Å². The van der Waals surface area contributed by atoms with E-state index in [1.165, 1.54) is 99.8 Å². The summed E-state index contributed by atoms with van der Waals surface area (Å²) in [7, 11) is 0. The quantitative estimate of drug-likeness (QED) is 0.165. The second-order valence-corrected chi connectivity index (χ2v) is 11.4. The fourth-order valence-corrected chi connectivity index (χ4v) is 5.91. The Morgan fingerprint density at radius 2 is 1.26 bits per heavy atom. The van der Waals surface area contributed by atoms with Crippen LogP contribution >= 0.6 is 0 Å². The van der Waals surface area contributed by atoms with Crippen LogP contribution in [0.1, 0.15) is 126 Å². The number of rotatable bonds is 13. The van der Waals surface area contributed by atoms with Crippen LogP contribution in [-0.2, 0) is 0 Å². The van der Waals surface area contributed by atoms with Gasteiger partial charge in [0.2, 0.25) is 0 Å². The highest BCUT2D eigenvalue weighted by Gasteiger charge is 2.21. The predicted molar refractivity (Wildman–Crippen MR) is 164 cm³/mol. The van der Waals surface area contributed by atoms with Crippen molar-refractivity contribution in [2.24, 2.45) is 5.92 Å². The Labute approximate surface area is 232 Å². The molecule has 0 aromatic heterocycles. The Hall–Kier alpha value is -2.72. The number of ether oxygens (including phenoxy) is 1. The molecule has 0 saturated heterocycles. The topological polar surface area (TPSA) is 9.23 Å². The lowest BCUT2D eigenvalue weighted by molar-refractivity contribution is 0.302. The molecule has 1 saturated carbocycles. The van der Waals surface area contributed by atoms with Crippen molar-refractivity contribution in [2.45, 2.75) is 110 Å². The molecule has 1 nitrogen and oxygen atoms in total. The number of benzene rings is 3. The van der Waals surface area contributed by atoms with Crippen molar-refractivity contribution in [1.82, 2.24) is 0 Å². The van der Waals surface area contributed by atoms with E-state index in [2.05, 4.69) is 86.4 Å². The van der Waals surface area contributed by atoms with Gasteiger partial charge in [-0.2, -0.15) is 0 Å². The minimum Gasteiger partial charge on any atom is -0.494 e. The summed E-state index contributed by atoms with van der Waals surface area (Å²) in [4.78, 5) is 0. The van der Waals surface area contributed by atoms with Gasteiger partial charge in [0, 0.05) is 11.1 Å². The number of hydrogen-bond acceptors (Lipinski definition) is 1. The van der Waals surface area contributed by atoms with Gasteiger partial charge < -0.3 is 4.74 Å². The monoisotopic (exact) mass is 508 g/mol. The molecule has 1 fully saturated rings. The molecular formula is C37H48O. The first-order chi connectivity index (χ1) is 18.7. The standard InChI is InChI=1S/C37H48O/c1-3-5-7-8-9-10-12-30-15-20-33(21-16-30)34-22-17-31(18-23-34)13-14-32-19-24-36-29-37(26-25-35(36)28-32)38-27-11-6-4-2/h17-19,22-26,28-30,33H,3-12,15-16,20-21,27H2,1-2H3/t30-,33-. The van der Waals surface area contributed by atoms with E-state index in [-0.39, 0.29) is 0 Å². The zero-order valence-electron chi connectivity index (χ0n) is 23.9.